The zero-order valence-corrected chi connectivity index (χ0v) is 8.34. The first-order valence-electron chi connectivity index (χ1n) is 4.73. The average molecular weight is 205 g/mol. The SMILES string of the molecule is CC1=CC=C([N+](=O)[O-])[C@@H](c2ccco2)C1. The molecule has 0 fully saturated rings. The summed E-state index contributed by atoms with van der Waals surface area (Å²) in [4.78, 5) is 10.5. The van der Waals surface area contributed by atoms with Gasteiger partial charge in [0.05, 0.1) is 11.2 Å². The molecule has 0 amide bonds. The predicted octanol–water partition coefficient (Wildman–Crippen LogP) is 2.87. The molecule has 0 radical (unpaired) electrons. The number of rotatable bonds is 2. The topological polar surface area (TPSA) is 56.3 Å². The molecule has 0 spiro atoms. The number of hydrogen-bond donors (Lipinski definition) is 0. The minimum Gasteiger partial charge on any atom is -0.468 e. The van der Waals surface area contributed by atoms with Crippen LogP contribution in [0.15, 0.2) is 46.2 Å². The highest BCUT2D eigenvalue weighted by Gasteiger charge is 2.30. The fourth-order valence-electron chi connectivity index (χ4n) is 1.76. The normalized spacial score (nSPS) is 20.7. The lowest BCUT2D eigenvalue weighted by molar-refractivity contribution is -0.430. The number of allylic oxidation sites excluding steroid dienone is 4. The summed E-state index contributed by atoms with van der Waals surface area (Å²) in [6.07, 6.45) is 5.55. The summed E-state index contributed by atoms with van der Waals surface area (Å²) in [5, 5.41) is 10.8. The van der Waals surface area contributed by atoms with Crippen LogP contribution in [0, 0.1) is 10.1 Å². The molecule has 0 aliphatic heterocycles. The molecule has 0 saturated carbocycles. The van der Waals surface area contributed by atoms with E-state index in [-0.39, 0.29) is 16.5 Å². The van der Waals surface area contributed by atoms with Gasteiger partial charge < -0.3 is 4.42 Å². The largest absolute Gasteiger partial charge is 0.468 e. The lowest BCUT2D eigenvalue weighted by Gasteiger charge is -2.15. The van der Waals surface area contributed by atoms with E-state index in [1.807, 2.05) is 6.92 Å². The Hall–Kier alpha value is -1.84. The van der Waals surface area contributed by atoms with Crippen LogP contribution in [0.2, 0.25) is 0 Å². The van der Waals surface area contributed by atoms with Gasteiger partial charge in [0.2, 0.25) is 0 Å². The van der Waals surface area contributed by atoms with Crippen molar-refractivity contribution in [3.63, 3.8) is 0 Å². The first-order chi connectivity index (χ1) is 7.18. The summed E-state index contributed by atoms with van der Waals surface area (Å²) >= 11 is 0. The van der Waals surface area contributed by atoms with E-state index in [2.05, 4.69) is 0 Å². The molecule has 1 heterocycles. The molecule has 2 rings (SSSR count). The van der Waals surface area contributed by atoms with Crippen LogP contribution in [0.3, 0.4) is 0 Å². The van der Waals surface area contributed by atoms with Crippen molar-refractivity contribution in [1.82, 2.24) is 0 Å². The fourth-order valence-corrected chi connectivity index (χ4v) is 1.76. The lowest BCUT2D eigenvalue weighted by Crippen LogP contribution is -2.12. The van der Waals surface area contributed by atoms with E-state index in [4.69, 9.17) is 4.42 Å². The smallest absolute Gasteiger partial charge is 0.257 e. The maximum absolute atomic E-state index is 10.8. The zero-order valence-electron chi connectivity index (χ0n) is 8.34. The van der Waals surface area contributed by atoms with Crippen molar-refractivity contribution in [2.24, 2.45) is 0 Å². The van der Waals surface area contributed by atoms with Gasteiger partial charge >= 0.3 is 0 Å². The molecule has 0 saturated heterocycles. The summed E-state index contributed by atoms with van der Waals surface area (Å²) in [6.45, 7) is 1.96. The minimum absolute atomic E-state index is 0.204. The molecule has 4 heteroatoms. The van der Waals surface area contributed by atoms with Gasteiger partial charge in [-0.15, -0.1) is 0 Å². The molecule has 0 aromatic carbocycles. The average Bonchev–Trinajstić information content (AvgIpc) is 2.69. The molecular weight excluding hydrogens is 194 g/mol. The molecule has 1 aliphatic carbocycles. The molecule has 15 heavy (non-hydrogen) atoms. The van der Waals surface area contributed by atoms with E-state index in [1.54, 1.807) is 30.5 Å². The van der Waals surface area contributed by atoms with Gasteiger partial charge in [-0.2, -0.15) is 0 Å². The molecule has 0 N–H and O–H groups in total. The van der Waals surface area contributed by atoms with Crippen LogP contribution in [0.5, 0.6) is 0 Å². The van der Waals surface area contributed by atoms with Crippen LogP contribution < -0.4 is 0 Å². The maximum atomic E-state index is 10.8. The number of nitrogens with zero attached hydrogens (tertiary/aromatic N) is 1. The van der Waals surface area contributed by atoms with Gasteiger partial charge in [0.25, 0.3) is 5.70 Å². The third-order valence-corrected chi connectivity index (χ3v) is 2.52. The molecule has 1 aliphatic rings. The summed E-state index contributed by atoms with van der Waals surface area (Å²) in [5.41, 5.74) is 1.33. The highest BCUT2D eigenvalue weighted by Crippen LogP contribution is 2.34. The zero-order chi connectivity index (χ0) is 10.8. The predicted molar refractivity (Wildman–Crippen MR) is 54.9 cm³/mol. The Morgan fingerprint density at radius 3 is 2.93 bits per heavy atom. The molecule has 1 atom stereocenters. The second kappa shape index (κ2) is 3.73. The van der Waals surface area contributed by atoms with Crippen molar-refractivity contribution in [3.8, 4) is 0 Å². The van der Waals surface area contributed by atoms with E-state index in [9.17, 15) is 10.1 Å². The summed E-state index contributed by atoms with van der Waals surface area (Å²) < 4.78 is 5.23. The minimum atomic E-state index is -0.337. The van der Waals surface area contributed by atoms with Crippen LogP contribution in [0.4, 0.5) is 0 Å². The molecule has 1 aromatic heterocycles. The van der Waals surface area contributed by atoms with Crippen LogP contribution in [-0.4, -0.2) is 4.92 Å². The van der Waals surface area contributed by atoms with E-state index < -0.39 is 0 Å². The molecule has 4 nitrogen and oxygen atoms in total. The molecular formula is C11H11NO3. The fraction of sp³-hybridized carbons (Fsp3) is 0.273. The number of nitro groups is 1. The van der Waals surface area contributed by atoms with E-state index in [1.165, 1.54) is 0 Å². The Balaban J connectivity index is 2.36. The summed E-state index contributed by atoms with van der Waals surface area (Å²) in [6, 6.07) is 3.53. The van der Waals surface area contributed by atoms with E-state index in [0.717, 1.165) is 5.57 Å². The Labute approximate surface area is 87.0 Å². The third-order valence-electron chi connectivity index (χ3n) is 2.52. The lowest BCUT2D eigenvalue weighted by atomic mass is 9.90. The molecule has 0 unspecified atom stereocenters. The van der Waals surface area contributed by atoms with Gasteiger partial charge in [-0.25, -0.2) is 0 Å². The van der Waals surface area contributed by atoms with Crippen LogP contribution >= 0.6 is 0 Å². The van der Waals surface area contributed by atoms with Gasteiger partial charge in [0.15, 0.2) is 0 Å². The molecule has 0 bridgehead atoms. The standard InChI is InChI=1S/C11H11NO3/c1-8-4-5-10(12(13)14)9(7-8)11-3-2-6-15-11/h2-6,9H,7H2,1H3/t9-/m0/s1. The maximum Gasteiger partial charge on any atom is 0.257 e. The number of furan rings is 1. The van der Waals surface area contributed by atoms with Gasteiger partial charge in [-0.05, 0) is 25.5 Å². The van der Waals surface area contributed by atoms with Gasteiger partial charge in [0.1, 0.15) is 11.7 Å². The van der Waals surface area contributed by atoms with E-state index in [0.29, 0.717) is 12.2 Å². The van der Waals surface area contributed by atoms with Crippen molar-refractivity contribution in [3.05, 3.63) is 57.7 Å². The van der Waals surface area contributed by atoms with Crippen LogP contribution in [0.25, 0.3) is 0 Å². The molecule has 1 aromatic rings. The van der Waals surface area contributed by atoms with Crippen LogP contribution in [-0.2, 0) is 0 Å². The van der Waals surface area contributed by atoms with Crippen LogP contribution in [0.1, 0.15) is 25.0 Å². The Kier molecular flexibility index (Phi) is 2.41. The Morgan fingerprint density at radius 2 is 2.33 bits per heavy atom. The first-order valence-corrected chi connectivity index (χ1v) is 4.73. The van der Waals surface area contributed by atoms with Crippen molar-refractivity contribution in [2.45, 2.75) is 19.3 Å². The second-order valence-corrected chi connectivity index (χ2v) is 3.63. The van der Waals surface area contributed by atoms with Gasteiger partial charge in [-0.1, -0.05) is 11.6 Å². The Morgan fingerprint density at radius 1 is 1.53 bits per heavy atom. The highest BCUT2D eigenvalue weighted by molar-refractivity contribution is 5.29. The monoisotopic (exact) mass is 205 g/mol. The quantitative estimate of drug-likeness (QED) is 0.551. The second-order valence-electron chi connectivity index (χ2n) is 3.63. The van der Waals surface area contributed by atoms with E-state index >= 15 is 0 Å². The first kappa shape index (κ1) is 9.71. The number of hydrogen-bond acceptors (Lipinski definition) is 3. The van der Waals surface area contributed by atoms with Crippen molar-refractivity contribution in [1.29, 1.82) is 0 Å². The van der Waals surface area contributed by atoms with Crippen molar-refractivity contribution in [2.75, 3.05) is 0 Å². The summed E-state index contributed by atoms with van der Waals surface area (Å²) in [7, 11) is 0. The van der Waals surface area contributed by atoms with Gasteiger partial charge in [-0.3, -0.25) is 10.1 Å². The summed E-state index contributed by atoms with van der Waals surface area (Å²) in [5.74, 6) is 0.408. The van der Waals surface area contributed by atoms with Crippen molar-refractivity contribution >= 4 is 0 Å². The third kappa shape index (κ3) is 1.83. The Bertz CT molecular complexity index is 429. The van der Waals surface area contributed by atoms with Gasteiger partial charge in [0, 0.05) is 6.08 Å². The highest BCUT2D eigenvalue weighted by atomic mass is 16.6. The molecule has 78 valence electrons. The van der Waals surface area contributed by atoms with Crippen molar-refractivity contribution < 1.29 is 9.34 Å².